The Balaban J connectivity index is 1.28. The Morgan fingerprint density at radius 3 is 2.03 bits per heavy atom. The van der Waals surface area contributed by atoms with Crippen molar-refractivity contribution < 1.29 is 9.90 Å². The minimum absolute atomic E-state index is 0.382. The van der Waals surface area contributed by atoms with E-state index in [4.69, 9.17) is 0 Å². The molecule has 3 aromatic carbocycles. The molecule has 1 fully saturated rings. The molecular weight excluding hydrogens is 434 g/mol. The Hall–Kier alpha value is -3.15. The molecule has 1 amide bonds. The van der Waals surface area contributed by atoms with Crippen molar-refractivity contribution in [2.24, 2.45) is 0 Å². The fourth-order valence-electron chi connectivity index (χ4n) is 4.93. The summed E-state index contributed by atoms with van der Waals surface area (Å²) in [5, 5.41) is 14.5. The zero-order valence-corrected chi connectivity index (χ0v) is 20.7. The second kappa shape index (κ2) is 12.0. The third-order valence-corrected chi connectivity index (χ3v) is 6.87. The lowest BCUT2D eigenvalue weighted by Crippen LogP contribution is -2.48. The van der Waals surface area contributed by atoms with Crippen LogP contribution in [-0.2, 0) is 16.8 Å². The molecule has 1 heterocycles. The van der Waals surface area contributed by atoms with Gasteiger partial charge in [0, 0.05) is 38.4 Å². The van der Waals surface area contributed by atoms with E-state index in [1.807, 2.05) is 36.4 Å². The highest BCUT2D eigenvalue weighted by atomic mass is 16.3. The quantitative estimate of drug-likeness (QED) is 0.435. The molecule has 3 aromatic rings. The van der Waals surface area contributed by atoms with E-state index in [0.717, 1.165) is 52.0 Å². The maximum Gasteiger partial charge on any atom is 0.261 e. The van der Waals surface area contributed by atoms with Crippen LogP contribution in [0.5, 0.6) is 0 Å². The number of nitrogens with one attached hydrogen (secondary N) is 1. The van der Waals surface area contributed by atoms with E-state index in [-0.39, 0.29) is 5.91 Å². The zero-order valence-electron chi connectivity index (χ0n) is 20.7. The predicted octanol–water partition coefficient (Wildman–Crippen LogP) is 4.20. The summed E-state index contributed by atoms with van der Waals surface area (Å²) in [6, 6.07) is 27.1. The lowest BCUT2D eigenvalue weighted by atomic mass is 9.85. The Labute approximate surface area is 209 Å². The number of aryl methyl sites for hydroxylation is 1. The molecule has 184 valence electrons. The number of anilines is 1. The van der Waals surface area contributed by atoms with Crippen molar-refractivity contribution in [2.45, 2.75) is 31.8 Å². The molecule has 2 N–H and O–H groups in total. The molecule has 0 aromatic heterocycles. The summed E-state index contributed by atoms with van der Waals surface area (Å²) in [5.41, 5.74) is 2.25. The minimum atomic E-state index is -1.71. The lowest BCUT2D eigenvalue weighted by Gasteiger charge is -2.37. The van der Waals surface area contributed by atoms with E-state index in [0.29, 0.717) is 17.7 Å². The molecule has 0 spiro atoms. The molecule has 0 aliphatic carbocycles. The van der Waals surface area contributed by atoms with Crippen LogP contribution in [0.1, 0.15) is 36.5 Å². The Kier molecular flexibility index (Phi) is 8.56. The van der Waals surface area contributed by atoms with Gasteiger partial charge in [-0.1, -0.05) is 92.2 Å². The van der Waals surface area contributed by atoms with E-state index in [1.165, 1.54) is 11.3 Å². The van der Waals surface area contributed by atoms with Crippen LogP contribution >= 0.6 is 0 Å². The van der Waals surface area contributed by atoms with Crippen LogP contribution in [0.3, 0.4) is 0 Å². The molecule has 1 saturated heterocycles. The molecule has 0 bridgehead atoms. The number of hydrogen-bond acceptors (Lipinski definition) is 4. The summed E-state index contributed by atoms with van der Waals surface area (Å²) < 4.78 is 0. The molecule has 0 saturated carbocycles. The summed E-state index contributed by atoms with van der Waals surface area (Å²) >= 11 is 0. The van der Waals surface area contributed by atoms with Crippen LogP contribution in [0.15, 0.2) is 84.9 Å². The van der Waals surface area contributed by atoms with Gasteiger partial charge in [-0.15, -0.1) is 0 Å². The number of aliphatic hydroxyl groups is 1. The number of carbonyl (C=O) groups is 1. The smallest absolute Gasteiger partial charge is 0.261 e. The van der Waals surface area contributed by atoms with Crippen molar-refractivity contribution >= 4 is 11.6 Å². The standard InChI is InChI=1S/C30H37N3O2/c1-2-12-25-13-9-10-18-28(25)33-23-21-32(22-24-33)20-11-19-31-29(34)30(35,26-14-5-3-6-15-26)27-16-7-4-8-17-27/h3-10,13-18,35H,2,11-12,19-24H2,1H3,(H,31,34). The number of amides is 1. The summed E-state index contributed by atoms with van der Waals surface area (Å²) in [4.78, 5) is 18.2. The van der Waals surface area contributed by atoms with Gasteiger partial charge in [-0.3, -0.25) is 9.69 Å². The van der Waals surface area contributed by atoms with Gasteiger partial charge in [0.15, 0.2) is 5.60 Å². The van der Waals surface area contributed by atoms with E-state index < -0.39 is 5.60 Å². The molecule has 4 rings (SSSR count). The summed E-state index contributed by atoms with van der Waals surface area (Å²) in [6.45, 7) is 7.77. The van der Waals surface area contributed by atoms with Gasteiger partial charge >= 0.3 is 0 Å². The second-order valence-corrected chi connectivity index (χ2v) is 9.26. The van der Waals surface area contributed by atoms with Crippen LogP contribution < -0.4 is 10.2 Å². The Morgan fingerprint density at radius 2 is 1.43 bits per heavy atom. The van der Waals surface area contributed by atoms with Crippen molar-refractivity contribution in [1.29, 1.82) is 0 Å². The number of hydrogen-bond donors (Lipinski definition) is 2. The first-order valence-electron chi connectivity index (χ1n) is 12.8. The topological polar surface area (TPSA) is 55.8 Å². The maximum absolute atomic E-state index is 13.2. The van der Waals surface area contributed by atoms with Gasteiger partial charge in [-0.25, -0.2) is 0 Å². The fourth-order valence-corrected chi connectivity index (χ4v) is 4.93. The number of nitrogens with zero attached hydrogens (tertiary/aromatic N) is 2. The summed E-state index contributed by atoms with van der Waals surface area (Å²) in [5.74, 6) is -0.382. The molecule has 0 radical (unpaired) electrons. The van der Waals surface area contributed by atoms with E-state index in [2.05, 4.69) is 46.3 Å². The molecule has 1 aliphatic rings. The van der Waals surface area contributed by atoms with Gasteiger partial charge in [-0.05, 0) is 42.1 Å². The van der Waals surface area contributed by atoms with Gasteiger partial charge < -0.3 is 15.3 Å². The van der Waals surface area contributed by atoms with E-state index >= 15 is 0 Å². The average Bonchev–Trinajstić information content (AvgIpc) is 2.92. The molecule has 0 atom stereocenters. The Bertz CT molecular complexity index is 1020. The number of piperazine rings is 1. The van der Waals surface area contributed by atoms with Gasteiger partial charge in [0.1, 0.15) is 0 Å². The number of carbonyl (C=O) groups excluding carboxylic acids is 1. The third kappa shape index (κ3) is 5.92. The number of benzene rings is 3. The Morgan fingerprint density at radius 1 is 0.857 bits per heavy atom. The molecule has 5 heteroatoms. The van der Waals surface area contributed by atoms with Crippen LogP contribution in [-0.4, -0.2) is 55.2 Å². The van der Waals surface area contributed by atoms with Crippen molar-refractivity contribution in [3.63, 3.8) is 0 Å². The lowest BCUT2D eigenvalue weighted by molar-refractivity contribution is -0.136. The average molecular weight is 472 g/mol. The van der Waals surface area contributed by atoms with Gasteiger partial charge in [-0.2, -0.15) is 0 Å². The van der Waals surface area contributed by atoms with Crippen LogP contribution in [0, 0.1) is 0 Å². The zero-order chi connectivity index (χ0) is 24.5. The second-order valence-electron chi connectivity index (χ2n) is 9.26. The van der Waals surface area contributed by atoms with Crippen molar-refractivity contribution in [3.05, 3.63) is 102 Å². The van der Waals surface area contributed by atoms with Crippen LogP contribution in [0.25, 0.3) is 0 Å². The SMILES string of the molecule is CCCc1ccccc1N1CCN(CCCNC(=O)C(O)(c2ccccc2)c2ccccc2)CC1. The van der Waals surface area contributed by atoms with Crippen LogP contribution in [0.2, 0.25) is 0 Å². The first kappa shape index (κ1) is 25.0. The molecule has 35 heavy (non-hydrogen) atoms. The first-order valence-corrected chi connectivity index (χ1v) is 12.8. The molecular formula is C30H37N3O2. The minimum Gasteiger partial charge on any atom is -0.372 e. The first-order chi connectivity index (χ1) is 17.1. The number of para-hydroxylation sites is 1. The normalized spacial score (nSPS) is 14.6. The summed E-state index contributed by atoms with van der Waals surface area (Å²) in [7, 11) is 0. The van der Waals surface area contributed by atoms with Crippen molar-refractivity contribution in [2.75, 3.05) is 44.2 Å². The van der Waals surface area contributed by atoms with Crippen molar-refractivity contribution in [3.8, 4) is 0 Å². The van der Waals surface area contributed by atoms with Gasteiger partial charge in [0.2, 0.25) is 0 Å². The largest absolute Gasteiger partial charge is 0.372 e. The highest BCUT2D eigenvalue weighted by Crippen LogP contribution is 2.30. The van der Waals surface area contributed by atoms with E-state index in [9.17, 15) is 9.90 Å². The predicted molar refractivity (Wildman–Crippen MR) is 143 cm³/mol. The third-order valence-electron chi connectivity index (χ3n) is 6.87. The monoisotopic (exact) mass is 471 g/mol. The highest BCUT2D eigenvalue weighted by Gasteiger charge is 2.39. The molecule has 1 aliphatic heterocycles. The summed E-state index contributed by atoms with van der Waals surface area (Å²) in [6.07, 6.45) is 3.12. The van der Waals surface area contributed by atoms with Crippen LogP contribution in [0.4, 0.5) is 5.69 Å². The van der Waals surface area contributed by atoms with E-state index in [1.54, 1.807) is 24.3 Å². The fraction of sp³-hybridized carbons (Fsp3) is 0.367. The highest BCUT2D eigenvalue weighted by molar-refractivity contribution is 5.90. The van der Waals surface area contributed by atoms with Gasteiger partial charge in [0.05, 0.1) is 0 Å². The maximum atomic E-state index is 13.2. The number of rotatable bonds is 10. The molecule has 0 unspecified atom stereocenters. The van der Waals surface area contributed by atoms with Gasteiger partial charge in [0.25, 0.3) is 5.91 Å². The van der Waals surface area contributed by atoms with Crippen molar-refractivity contribution in [1.82, 2.24) is 10.2 Å². The molecule has 5 nitrogen and oxygen atoms in total.